The van der Waals surface area contributed by atoms with Gasteiger partial charge in [-0.3, -0.25) is 14.4 Å². The zero-order valence-corrected chi connectivity index (χ0v) is 18.3. The summed E-state index contributed by atoms with van der Waals surface area (Å²) >= 11 is 0. The average Bonchev–Trinajstić information content (AvgIpc) is 2.70. The Hall–Kier alpha value is -2.91. The Kier molecular flexibility index (Phi) is 9.20. The van der Waals surface area contributed by atoms with Crippen LogP contribution < -0.4 is 16.1 Å². The molecular weight excluding hydrogens is 447 g/mol. The molecule has 0 aliphatic heterocycles. The second-order valence-electron chi connectivity index (χ2n) is 6.41. The summed E-state index contributed by atoms with van der Waals surface area (Å²) in [6.45, 7) is 0. The third kappa shape index (κ3) is 5.05. The molecule has 0 amide bonds. The van der Waals surface area contributed by atoms with Crippen molar-refractivity contribution >= 4 is 47.7 Å². The smallest absolute Gasteiger partial charge is 0.325 e. The van der Waals surface area contributed by atoms with Crippen LogP contribution in [0.5, 0.6) is 0 Å². The molecule has 0 bridgehead atoms. The lowest BCUT2D eigenvalue weighted by Crippen LogP contribution is -2.31. The van der Waals surface area contributed by atoms with Gasteiger partial charge in [0.2, 0.25) is 0 Å². The largest absolute Gasteiger partial charge is 0.480 e. The van der Waals surface area contributed by atoms with E-state index < -0.39 is 24.0 Å². The van der Waals surface area contributed by atoms with Crippen LogP contribution in [0, 0.1) is 0 Å². The molecule has 0 saturated heterocycles. The zero-order chi connectivity index (χ0) is 21.1. The number of aliphatic carboxylic acids is 2. The van der Waals surface area contributed by atoms with Crippen LogP contribution in [0.2, 0.25) is 0 Å². The highest BCUT2D eigenvalue weighted by molar-refractivity contribution is 5.90. The van der Waals surface area contributed by atoms with E-state index in [1.165, 1.54) is 32.3 Å². The van der Waals surface area contributed by atoms with Gasteiger partial charge in [0.25, 0.3) is 0 Å². The van der Waals surface area contributed by atoms with Gasteiger partial charge in [-0.2, -0.15) is 0 Å². The minimum atomic E-state index is -1.28. The number of benzene rings is 2. The van der Waals surface area contributed by atoms with Crippen molar-refractivity contribution in [3.8, 4) is 11.3 Å². The van der Waals surface area contributed by atoms with E-state index in [2.05, 4.69) is 10.6 Å². The first-order chi connectivity index (χ1) is 13.9. The lowest BCUT2D eigenvalue weighted by Gasteiger charge is -2.22. The fourth-order valence-electron chi connectivity index (χ4n) is 3.35. The van der Waals surface area contributed by atoms with E-state index in [9.17, 15) is 24.6 Å². The highest BCUT2D eigenvalue weighted by Gasteiger charge is 2.31. The van der Waals surface area contributed by atoms with Gasteiger partial charge in [-0.15, -0.1) is 24.8 Å². The summed E-state index contributed by atoms with van der Waals surface area (Å²) in [4.78, 5) is 36.4. The molecule has 2 unspecified atom stereocenters. The summed E-state index contributed by atoms with van der Waals surface area (Å²) in [6, 6.07) is 10.7. The van der Waals surface area contributed by atoms with Crippen molar-refractivity contribution in [1.29, 1.82) is 0 Å². The van der Waals surface area contributed by atoms with Crippen molar-refractivity contribution in [2.75, 3.05) is 14.1 Å². The number of hydrogen-bond donors (Lipinski definition) is 4. The summed E-state index contributed by atoms with van der Waals surface area (Å²) in [5.41, 5.74) is 0.617. The van der Waals surface area contributed by atoms with Gasteiger partial charge < -0.3 is 25.3 Å². The normalized spacial score (nSPS) is 12.3. The van der Waals surface area contributed by atoms with Gasteiger partial charge in [-0.05, 0) is 25.7 Å². The molecule has 1 aromatic heterocycles. The van der Waals surface area contributed by atoms with Crippen molar-refractivity contribution in [2.45, 2.75) is 12.1 Å². The van der Waals surface area contributed by atoms with E-state index in [1.54, 1.807) is 24.3 Å². The van der Waals surface area contributed by atoms with Crippen LogP contribution in [0.4, 0.5) is 0 Å². The number of rotatable bonds is 7. The highest BCUT2D eigenvalue weighted by atomic mass is 35.5. The molecule has 0 fully saturated rings. The summed E-state index contributed by atoms with van der Waals surface area (Å²) in [7, 11) is 2.90. The van der Waals surface area contributed by atoms with Gasteiger partial charge in [0.05, 0.1) is 5.39 Å². The molecule has 8 nitrogen and oxygen atoms in total. The number of nitrogens with one attached hydrogen (secondary N) is 2. The molecule has 0 saturated carbocycles. The molecule has 2 atom stereocenters. The molecule has 3 aromatic rings. The second-order valence-corrected chi connectivity index (χ2v) is 6.41. The number of halogens is 2. The maximum atomic E-state index is 12.7. The lowest BCUT2D eigenvalue weighted by molar-refractivity contribution is -0.141. The van der Waals surface area contributed by atoms with Gasteiger partial charge >= 0.3 is 11.9 Å². The molecule has 2 aromatic carbocycles. The predicted molar refractivity (Wildman–Crippen MR) is 121 cm³/mol. The fraction of sp³-hybridized carbons (Fsp3) is 0.190. The topological polar surface area (TPSA) is 129 Å². The van der Waals surface area contributed by atoms with Crippen LogP contribution in [0.1, 0.15) is 23.2 Å². The summed E-state index contributed by atoms with van der Waals surface area (Å²) in [5, 5.41) is 24.8. The molecule has 0 radical (unpaired) electrons. The van der Waals surface area contributed by atoms with E-state index in [1.807, 2.05) is 6.07 Å². The Balaban J connectivity index is 0.00000240. The molecule has 0 aliphatic carbocycles. The third-order valence-electron chi connectivity index (χ3n) is 4.70. The van der Waals surface area contributed by atoms with Crippen LogP contribution in [0.25, 0.3) is 22.3 Å². The van der Waals surface area contributed by atoms with Crippen LogP contribution in [0.15, 0.2) is 57.7 Å². The molecular formula is C21H22Cl2N2O6. The van der Waals surface area contributed by atoms with Crippen molar-refractivity contribution in [3.05, 3.63) is 69.9 Å². The minimum absolute atomic E-state index is 0. The number of likely N-dealkylation sites (N-methyl/N-ethyl adjacent to an activating group) is 2. The van der Waals surface area contributed by atoms with Gasteiger partial charge in [-0.25, -0.2) is 0 Å². The van der Waals surface area contributed by atoms with Gasteiger partial charge in [0.15, 0.2) is 5.43 Å². The van der Waals surface area contributed by atoms with Crippen LogP contribution >= 0.6 is 24.8 Å². The van der Waals surface area contributed by atoms with Crippen molar-refractivity contribution in [1.82, 2.24) is 10.6 Å². The number of carboxylic acids is 2. The first-order valence-corrected chi connectivity index (χ1v) is 8.85. The molecule has 0 spiro atoms. The van der Waals surface area contributed by atoms with Gasteiger partial charge in [0.1, 0.15) is 23.4 Å². The maximum Gasteiger partial charge on any atom is 0.325 e. The number of carbonyl (C=O) groups is 2. The predicted octanol–water partition coefficient (Wildman–Crippen LogP) is 2.99. The number of carboxylic acid groups (broad SMARTS) is 2. The van der Waals surface area contributed by atoms with E-state index >= 15 is 0 Å². The monoisotopic (exact) mass is 468 g/mol. The maximum absolute atomic E-state index is 12.7. The lowest BCUT2D eigenvalue weighted by atomic mass is 9.92. The summed E-state index contributed by atoms with van der Waals surface area (Å²) in [6.07, 6.45) is 0. The molecule has 1 heterocycles. The quantitative estimate of drug-likeness (QED) is 0.416. The molecule has 0 aliphatic rings. The van der Waals surface area contributed by atoms with E-state index in [4.69, 9.17) is 4.42 Å². The Morgan fingerprint density at radius 3 is 2.00 bits per heavy atom. The van der Waals surface area contributed by atoms with E-state index in [0.29, 0.717) is 5.56 Å². The van der Waals surface area contributed by atoms with Gasteiger partial charge in [0, 0.05) is 17.2 Å². The van der Waals surface area contributed by atoms with Crippen molar-refractivity contribution in [2.24, 2.45) is 0 Å². The zero-order valence-electron chi connectivity index (χ0n) is 16.6. The van der Waals surface area contributed by atoms with Crippen LogP contribution in [-0.4, -0.2) is 36.2 Å². The Bertz CT molecular complexity index is 1130. The number of fused-ring (bicyclic) bond motifs is 1. The molecule has 166 valence electrons. The fourth-order valence-corrected chi connectivity index (χ4v) is 3.35. The molecule has 31 heavy (non-hydrogen) atoms. The highest BCUT2D eigenvalue weighted by Crippen LogP contribution is 2.33. The Labute approximate surface area is 190 Å². The van der Waals surface area contributed by atoms with Crippen LogP contribution in [0.3, 0.4) is 0 Å². The molecule has 3 rings (SSSR count). The first kappa shape index (κ1) is 26.1. The minimum Gasteiger partial charge on any atom is -0.480 e. The van der Waals surface area contributed by atoms with E-state index in [-0.39, 0.29) is 58.1 Å². The van der Waals surface area contributed by atoms with Gasteiger partial charge in [-0.1, -0.05) is 36.4 Å². The molecule has 4 N–H and O–H groups in total. The first-order valence-electron chi connectivity index (χ1n) is 8.85. The van der Waals surface area contributed by atoms with Crippen LogP contribution in [-0.2, 0) is 9.59 Å². The van der Waals surface area contributed by atoms with Crippen molar-refractivity contribution in [3.63, 3.8) is 0 Å². The Morgan fingerprint density at radius 1 is 0.903 bits per heavy atom. The second kappa shape index (κ2) is 10.9. The van der Waals surface area contributed by atoms with E-state index in [0.717, 1.165) is 0 Å². The average molecular weight is 469 g/mol. The Morgan fingerprint density at radius 2 is 1.48 bits per heavy atom. The number of hydrogen-bond acceptors (Lipinski definition) is 6. The molecule has 10 heteroatoms. The van der Waals surface area contributed by atoms with Crippen molar-refractivity contribution < 1.29 is 24.2 Å². The summed E-state index contributed by atoms with van der Waals surface area (Å²) in [5.74, 6) is -2.15. The summed E-state index contributed by atoms with van der Waals surface area (Å²) < 4.78 is 5.98. The standard InChI is InChI=1S/C21H20N2O6.2ClH/c1-22-17(20(25)26)13-9-8-12-14(24)10-15(11-6-4-3-5-7-11)29-19(12)16(13)18(23-2)21(27)28;;/h3-10,17-18,22-23H,1-2H3,(H,25,26)(H,27,28);2*1H. The SMILES string of the molecule is CNC(C(=O)O)c1ccc2c(=O)cc(-c3ccccc3)oc2c1C(NC)C(=O)O.Cl.Cl. The third-order valence-corrected chi connectivity index (χ3v) is 4.70.